The predicted molar refractivity (Wildman–Crippen MR) is 110 cm³/mol. The number of nitrogens with one attached hydrogen (secondary N) is 1. The smallest absolute Gasteiger partial charge is 0.341 e. The van der Waals surface area contributed by atoms with E-state index < -0.39 is 30.2 Å². The first-order chi connectivity index (χ1) is 13.6. The van der Waals surface area contributed by atoms with Gasteiger partial charge in [0.25, 0.3) is 11.8 Å². The Morgan fingerprint density at radius 2 is 1.66 bits per heavy atom. The monoisotopic (exact) mass is 454 g/mol. The summed E-state index contributed by atoms with van der Waals surface area (Å²) in [5.41, 5.74) is 1.15. The van der Waals surface area contributed by atoms with Crippen molar-refractivity contribution >= 4 is 63.2 Å². The number of carbonyl (C=O) groups excluding carboxylic acids is 4. The largest absolute Gasteiger partial charge is 0.462 e. The molecule has 0 fully saturated rings. The molecule has 0 bridgehead atoms. The van der Waals surface area contributed by atoms with Crippen molar-refractivity contribution in [3.8, 4) is 0 Å². The van der Waals surface area contributed by atoms with Gasteiger partial charge < -0.3 is 10.1 Å². The average Bonchev–Trinajstić information content (AvgIpc) is 3.04. The number of ether oxygens (including phenoxy) is 1. The Bertz CT molecular complexity index is 1020. The van der Waals surface area contributed by atoms with Crippen molar-refractivity contribution in [2.75, 3.05) is 18.5 Å². The summed E-state index contributed by atoms with van der Waals surface area (Å²) in [4.78, 5) is 51.5. The molecule has 7 nitrogen and oxygen atoms in total. The highest BCUT2D eigenvalue weighted by Gasteiger charge is 2.37. The Morgan fingerprint density at radius 1 is 1.10 bits per heavy atom. The van der Waals surface area contributed by atoms with E-state index in [-0.39, 0.29) is 33.3 Å². The van der Waals surface area contributed by atoms with Crippen LogP contribution in [0, 0.1) is 13.8 Å². The first-order valence-electron chi connectivity index (χ1n) is 8.57. The molecule has 2 aromatic rings. The first-order valence-corrected chi connectivity index (χ1v) is 10.1. The molecule has 0 aliphatic carbocycles. The number of amides is 3. The molecule has 10 heteroatoms. The van der Waals surface area contributed by atoms with Crippen molar-refractivity contribution in [2.24, 2.45) is 0 Å². The number of carbonyl (C=O) groups is 4. The topological polar surface area (TPSA) is 92.8 Å². The summed E-state index contributed by atoms with van der Waals surface area (Å²) in [5.74, 6) is -2.44. The Hall–Kier alpha value is -2.42. The van der Waals surface area contributed by atoms with Crippen molar-refractivity contribution < 1.29 is 23.9 Å². The van der Waals surface area contributed by atoms with Gasteiger partial charge in [-0.1, -0.05) is 23.2 Å². The standard InChI is InChI=1S/C19H16Cl2N2O5S/c1-4-28-19(27)15-8(2)9(3)29-16(15)22-14(24)7-23-17(25)10-5-12(20)13(21)6-11(10)18(23)26/h5-6H,4,7H2,1-3H3,(H,22,24). The SMILES string of the molecule is CCOC(=O)c1c(NC(=O)CN2C(=O)c3cc(Cl)c(Cl)cc3C2=O)sc(C)c1C. The third kappa shape index (κ3) is 3.88. The molecule has 2 heterocycles. The van der Waals surface area contributed by atoms with Gasteiger partial charge in [-0.3, -0.25) is 19.3 Å². The van der Waals surface area contributed by atoms with E-state index in [1.165, 1.54) is 23.5 Å². The van der Waals surface area contributed by atoms with Crippen LogP contribution < -0.4 is 5.32 Å². The van der Waals surface area contributed by atoms with E-state index in [2.05, 4.69) is 5.32 Å². The minimum Gasteiger partial charge on any atom is -0.462 e. The zero-order valence-electron chi connectivity index (χ0n) is 15.7. The second-order valence-electron chi connectivity index (χ2n) is 6.26. The number of nitrogens with zero attached hydrogens (tertiary/aromatic N) is 1. The molecule has 1 aromatic heterocycles. The normalized spacial score (nSPS) is 12.9. The van der Waals surface area contributed by atoms with Gasteiger partial charge in [-0.25, -0.2) is 4.79 Å². The highest BCUT2D eigenvalue weighted by atomic mass is 35.5. The lowest BCUT2D eigenvalue weighted by atomic mass is 10.1. The van der Waals surface area contributed by atoms with Crippen LogP contribution in [0.2, 0.25) is 10.0 Å². The van der Waals surface area contributed by atoms with Gasteiger partial charge in [0.15, 0.2) is 0 Å². The fraction of sp³-hybridized carbons (Fsp3) is 0.263. The van der Waals surface area contributed by atoms with Crippen LogP contribution in [0.3, 0.4) is 0 Å². The van der Waals surface area contributed by atoms with E-state index in [4.69, 9.17) is 27.9 Å². The van der Waals surface area contributed by atoms with Crippen LogP contribution in [0.15, 0.2) is 12.1 Å². The molecule has 152 valence electrons. The van der Waals surface area contributed by atoms with Gasteiger partial charge in [0.05, 0.1) is 33.3 Å². The number of benzene rings is 1. The minimum atomic E-state index is -0.636. The van der Waals surface area contributed by atoms with Crippen molar-refractivity contribution in [1.82, 2.24) is 4.90 Å². The molecule has 1 N–H and O–H groups in total. The summed E-state index contributed by atoms with van der Waals surface area (Å²) >= 11 is 13.1. The maximum atomic E-state index is 12.5. The van der Waals surface area contributed by atoms with Gasteiger partial charge >= 0.3 is 5.97 Å². The number of anilines is 1. The molecule has 0 radical (unpaired) electrons. The number of fused-ring (bicyclic) bond motifs is 1. The zero-order chi connectivity index (χ0) is 21.5. The van der Waals surface area contributed by atoms with Crippen LogP contribution >= 0.6 is 34.5 Å². The van der Waals surface area contributed by atoms with Gasteiger partial charge in [0, 0.05) is 4.88 Å². The molecule has 0 atom stereocenters. The molecule has 3 rings (SSSR count). The number of hydrogen-bond donors (Lipinski definition) is 1. The Kier molecular flexibility index (Phi) is 5.97. The van der Waals surface area contributed by atoms with Gasteiger partial charge in [-0.15, -0.1) is 11.3 Å². The van der Waals surface area contributed by atoms with Crippen LogP contribution in [0.1, 0.15) is 48.4 Å². The molecular formula is C19H16Cl2N2O5S. The molecule has 1 aliphatic rings. The second-order valence-corrected chi connectivity index (χ2v) is 8.30. The number of thiophene rings is 1. The molecule has 0 saturated heterocycles. The van der Waals surface area contributed by atoms with E-state index in [1.807, 2.05) is 6.92 Å². The third-order valence-electron chi connectivity index (χ3n) is 4.43. The lowest BCUT2D eigenvalue weighted by molar-refractivity contribution is -0.116. The van der Waals surface area contributed by atoms with E-state index in [9.17, 15) is 19.2 Å². The first kappa shape index (κ1) is 21.3. The van der Waals surface area contributed by atoms with Gasteiger partial charge in [0.1, 0.15) is 11.5 Å². The molecule has 0 saturated carbocycles. The van der Waals surface area contributed by atoms with Crippen LogP contribution in [0.5, 0.6) is 0 Å². The summed E-state index contributed by atoms with van der Waals surface area (Å²) in [6.07, 6.45) is 0. The maximum Gasteiger partial charge on any atom is 0.341 e. The predicted octanol–water partition coefficient (Wildman–Crippen LogP) is 4.08. The fourth-order valence-electron chi connectivity index (χ4n) is 2.90. The number of hydrogen-bond acceptors (Lipinski definition) is 6. The number of imide groups is 1. The van der Waals surface area contributed by atoms with Crippen molar-refractivity contribution in [2.45, 2.75) is 20.8 Å². The molecule has 29 heavy (non-hydrogen) atoms. The van der Waals surface area contributed by atoms with E-state index in [1.54, 1.807) is 13.8 Å². The summed E-state index contributed by atoms with van der Waals surface area (Å²) in [5, 5.41) is 3.20. The highest BCUT2D eigenvalue weighted by molar-refractivity contribution is 7.16. The van der Waals surface area contributed by atoms with Gasteiger partial charge in [-0.05, 0) is 38.5 Å². The quantitative estimate of drug-likeness (QED) is 0.542. The summed E-state index contributed by atoms with van der Waals surface area (Å²) in [6.45, 7) is 4.94. The Balaban J connectivity index is 1.81. The van der Waals surface area contributed by atoms with Crippen molar-refractivity contribution in [1.29, 1.82) is 0 Å². The van der Waals surface area contributed by atoms with E-state index in [0.717, 1.165) is 9.78 Å². The lowest BCUT2D eigenvalue weighted by Gasteiger charge is -2.13. The molecule has 1 aliphatic heterocycles. The number of esters is 1. The third-order valence-corrected chi connectivity index (χ3v) is 6.28. The highest BCUT2D eigenvalue weighted by Crippen LogP contribution is 2.34. The molecule has 3 amide bonds. The van der Waals surface area contributed by atoms with Crippen LogP contribution in [0.4, 0.5) is 5.00 Å². The fourth-order valence-corrected chi connectivity index (χ4v) is 4.29. The molecule has 1 aromatic carbocycles. The van der Waals surface area contributed by atoms with Crippen molar-refractivity contribution in [3.63, 3.8) is 0 Å². The number of rotatable bonds is 5. The van der Waals surface area contributed by atoms with Crippen LogP contribution in [-0.4, -0.2) is 41.7 Å². The van der Waals surface area contributed by atoms with E-state index >= 15 is 0 Å². The van der Waals surface area contributed by atoms with Crippen LogP contribution in [-0.2, 0) is 9.53 Å². The summed E-state index contributed by atoms with van der Waals surface area (Å²) in [7, 11) is 0. The Morgan fingerprint density at radius 3 is 2.17 bits per heavy atom. The second kappa shape index (κ2) is 8.14. The summed E-state index contributed by atoms with van der Waals surface area (Å²) < 4.78 is 5.05. The number of halogens is 2. The molecule has 0 spiro atoms. The summed E-state index contributed by atoms with van der Waals surface area (Å²) in [6, 6.07) is 2.62. The van der Waals surface area contributed by atoms with Gasteiger partial charge in [0.2, 0.25) is 5.91 Å². The van der Waals surface area contributed by atoms with Crippen LogP contribution in [0.25, 0.3) is 0 Å². The van der Waals surface area contributed by atoms with Crippen molar-refractivity contribution in [3.05, 3.63) is 49.3 Å². The molecule has 0 unspecified atom stereocenters. The maximum absolute atomic E-state index is 12.5. The van der Waals surface area contributed by atoms with Gasteiger partial charge in [-0.2, -0.15) is 0 Å². The van der Waals surface area contributed by atoms with E-state index in [0.29, 0.717) is 10.6 Å². The lowest BCUT2D eigenvalue weighted by Crippen LogP contribution is -2.37. The molecular weight excluding hydrogens is 439 g/mol. The minimum absolute atomic E-state index is 0.0900. The zero-order valence-corrected chi connectivity index (χ0v) is 18.0. The number of aryl methyl sites for hydroxylation is 1. The Labute approximate surface area is 180 Å². The average molecular weight is 455 g/mol.